The molecule has 0 fully saturated rings. The molecule has 0 aliphatic rings. The molecule has 2 rings (SSSR count). The summed E-state index contributed by atoms with van der Waals surface area (Å²) in [7, 11) is 0. The molecule has 0 bridgehead atoms. The molecule has 2 aromatic rings. The lowest BCUT2D eigenvalue weighted by molar-refractivity contribution is -0.127. The first-order valence-electron chi connectivity index (χ1n) is 8.09. The van der Waals surface area contributed by atoms with Gasteiger partial charge in [0.1, 0.15) is 17.3 Å². The first kappa shape index (κ1) is 18.4. The normalized spacial score (nSPS) is 10.1. The van der Waals surface area contributed by atoms with E-state index in [0.717, 1.165) is 12.2 Å². The minimum Gasteiger partial charge on any atom is -0.494 e. The van der Waals surface area contributed by atoms with Crippen LogP contribution in [-0.2, 0) is 16.1 Å². The van der Waals surface area contributed by atoms with Crippen molar-refractivity contribution in [2.24, 2.45) is 0 Å². The highest BCUT2D eigenvalue weighted by molar-refractivity contribution is 5.85. The largest absolute Gasteiger partial charge is 0.494 e. The van der Waals surface area contributed by atoms with Crippen LogP contribution < -0.4 is 20.1 Å². The topological polar surface area (TPSA) is 89.8 Å². The van der Waals surface area contributed by atoms with Crippen molar-refractivity contribution < 1.29 is 23.5 Å². The molecule has 0 radical (unpaired) electrons. The molecule has 1 aromatic carbocycles. The van der Waals surface area contributed by atoms with Gasteiger partial charge < -0.3 is 24.5 Å². The van der Waals surface area contributed by atoms with E-state index in [-0.39, 0.29) is 31.5 Å². The molecule has 2 N–H and O–H groups in total. The Morgan fingerprint density at radius 3 is 2.36 bits per heavy atom. The lowest BCUT2D eigenvalue weighted by Gasteiger charge is -2.09. The molecule has 0 saturated heterocycles. The summed E-state index contributed by atoms with van der Waals surface area (Å²) in [5.74, 6) is 1.28. The quantitative estimate of drug-likeness (QED) is 0.686. The molecular weight excluding hydrogens is 324 g/mol. The van der Waals surface area contributed by atoms with Gasteiger partial charge >= 0.3 is 0 Å². The van der Waals surface area contributed by atoms with Crippen LogP contribution in [0.3, 0.4) is 0 Å². The lowest BCUT2D eigenvalue weighted by Crippen LogP contribution is -2.38. The highest BCUT2D eigenvalue weighted by atomic mass is 16.5. The van der Waals surface area contributed by atoms with Crippen LogP contribution in [0.15, 0.2) is 47.1 Å². The third kappa shape index (κ3) is 6.99. The summed E-state index contributed by atoms with van der Waals surface area (Å²) in [6.45, 7) is 2.69. The molecule has 0 aliphatic carbocycles. The highest BCUT2D eigenvalue weighted by Crippen LogP contribution is 2.17. The van der Waals surface area contributed by atoms with Crippen LogP contribution in [-0.4, -0.2) is 31.6 Å². The summed E-state index contributed by atoms with van der Waals surface area (Å²) in [4.78, 5) is 23.3. The predicted octanol–water partition coefficient (Wildman–Crippen LogP) is 1.88. The fourth-order valence-corrected chi connectivity index (χ4v) is 1.89. The predicted molar refractivity (Wildman–Crippen MR) is 91.3 cm³/mol. The van der Waals surface area contributed by atoms with E-state index in [1.165, 1.54) is 6.26 Å². The van der Waals surface area contributed by atoms with E-state index in [4.69, 9.17) is 13.9 Å². The van der Waals surface area contributed by atoms with Gasteiger partial charge in [-0.15, -0.1) is 0 Å². The van der Waals surface area contributed by atoms with Crippen molar-refractivity contribution in [1.29, 1.82) is 0 Å². The molecule has 0 aliphatic heterocycles. The van der Waals surface area contributed by atoms with Crippen LogP contribution in [0.4, 0.5) is 0 Å². The second-order valence-corrected chi connectivity index (χ2v) is 5.24. The number of ether oxygens (including phenoxy) is 2. The fraction of sp³-hybridized carbons (Fsp3) is 0.333. The zero-order chi connectivity index (χ0) is 17.9. The minimum atomic E-state index is -0.376. The van der Waals surface area contributed by atoms with Gasteiger partial charge in [-0.25, -0.2) is 0 Å². The Morgan fingerprint density at radius 2 is 1.72 bits per heavy atom. The van der Waals surface area contributed by atoms with Gasteiger partial charge in [-0.2, -0.15) is 0 Å². The van der Waals surface area contributed by atoms with Gasteiger partial charge in [0.15, 0.2) is 6.61 Å². The van der Waals surface area contributed by atoms with Crippen LogP contribution in [0.5, 0.6) is 11.5 Å². The maximum Gasteiger partial charge on any atom is 0.258 e. The number of furan rings is 1. The van der Waals surface area contributed by atoms with Crippen LogP contribution in [0, 0.1) is 0 Å². The lowest BCUT2D eigenvalue weighted by atomic mass is 10.3. The van der Waals surface area contributed by atoms with E-state index in [2.05, 4.69) is 10.6 Å². The Kier molecular flexibility index (Phi) is 7.37. The summed E-state index contributed by atoms with van der Waals surface area (Å²) < 4.78 is 15.9. The number of rotatable bonds is 10. The van der Waals surface area contributed by atoms with Crippen molar-refractivity contribution in [3.05, 3.63) is 48.4 Å². The van der Waals surface area contributed by atoms with E-state index < -0.39 is 0 Å². The van der Waals surface area contributed by atoms with E-state index in [0.29, 0.717) is 18.1 Å². The Morgan fingerprint density at radius 1 is 1.00 bits per heavy atom. The van der Waals surface area contributed by atoms with E-state index in [1.54, 1.807) is 36.4 Å². The first-order valence-corrected chi connectivity index (χ1v) is 8.09. The first-order chi connectivity index (χ1) is 12.2. The summed E-state index contributed by atoms with van der Waals surface area (Å²) in [5.41, 5.74) is 0. The maximum absolute atomic E-state index is 11.7. The Labute approximate surface area is 146 Å². The summed E-state index contributed by atoms with van der Waals surface area (Å²) in [5, 5.41) is 5.13. The third-order valence-corrected chi connectivity index (χ3v) is 3.15. The van der Waals surface area contributed by atoms with Gasteiger partial charge in [0.25, 0.3) is 5.91 Å². The van der Waals surface area contributed by atoms with Gasteiger partial charge in [-0.05, 0) is 42.8 Å². The molecule has 7 heteroatoms. The fourth-order valence-electron chi connectivity index (χ4n) is 1.89. The maximum atomic E-state index is 11.7. The number of amides is 2. The second-order valence-electron chi connectivity index (χ2n) is 5.24. The van der Waals surface area contributed by atoms with Crippen molar-refractivity contribution in [3.8, 4) is 11.5 Å². The number of carbonyl (C=O) groups excluding carboxylic acids is 2. The zero-order valence-electron chi connectivity index (χ0n) is 14.1. The van der Waals surface area contributed by atoms with Gasteiger partial charge in [-0.1, -0.05) is 6.92 Å². The summed E-state index contributed by atoms with van der Waals surface area (Å²) in [6, 6.07) is 10.5. The standard InChI is InChI=1S/C18H22N2O5/c1-2-9-23-14-5-7-15(8-6-14)25-13-18(22)20-12-17(21)19-11-16-4-3-10-24-16/h3-8,10H,2,9,11-13H2,1H3,(H,19,21)(H,20,22). The molecule has 0 spiro atoms. The van der Waals surface area contributed by atoms with Gasteiger partial charge in [-0.3, -0.25) is 9.59 Å². The molecular formula is C18H22N2O5. The van der Waals surface area contributed by atoms with Crippen molar-refractivity contribution >= 4 is 11.8 Å². The van der Waals surface area contributed by atoms with Crippen molar-refractivity contribution in [3.63, 3.8) is 0 Å². The van der Waals surface area contributed by atoms with Crippen molar-refractivity contribution in [2.45, 2.75) is 19.9 Å². The minimum absolute atomic E-state index is 0.118. The molecule has 2 amide bonds. The Hall–Kier alpha value is -2.96. The smallest absolute Gasteiger partial charge is 0.258 e. The van der Waals surface area contributed by atoms with Gasteiger partial charge in [0, 0.05) is 0 Å². The number of carbonyl (C=O) groups is 2. The van der Waals surface area contributed by atoms with Crippen molar-refractivity contribution in [2.75, 3.05) is 19.8 Å². The monoisotopic (exact) mass is 346 g/mol. The van der Waals surface area contributed by atoms with Crippen molar-refractivity contribution in [1.82, 2.24) is 10.6 Å². The highest BCUT2D eigenvalue weighted by Gasteiger charge is 2.07. The van der Waals surface area contributed by atoms with E-state index >= 15 is 0 Å². The average molecular weight is 346 g/mol. The average Bonchev–Trinajstić information content (AvgIpc) is 3.15. The number of hydrogen-bond acceptors (Lipinski definition) is 5. The molecule has 1 heterocycles. The zero-order valence-corrected chi connectivity index (χ0v) is 14.1. The van der Waals surface area contributed by atoms with Crippen LogP contribution in [0.25, 0.3) is 0 Å². The summed E-state index contributed by atoms with van der Waals surface area (Å²) in [6.07, 6.45) is 2.47. The molecule has 0 atom stereocenters. The number of hydrogen-bond donors (Lipinski definition) is 2. The Bertz CT molecular complexity index is 653. The number of benzene rings is 1. The molecule has 134 valence electrons. The molecule has 0 unspecified atom stereocenters. The van der Waals surface area contributed by atoms with Crippen LogP contribution in [0.1, 0.15) is 19.1 Å². The molecule has 7 nitrogen and oxygen atoms in total. The SMILES string of the molecule is CCCOc1ccc(OCC(=O)NCC(=O)NCc2ccco2)cc1. The van der Waals surface area contributed by atoms with Gasteiger partial charge in [0.2, 0.25) is 5.91 Å². The molecule has 1 aromatic heterocycles. The second kappa shape index (κ2) is 10.0. The van der Waals surface area contributed by atoms with E-state index in [1.807, 2.05) is 6.92 Å². The number of nitrogens with one attached hydrogen (secondary N) is 2. The third-order valence-electron chi connectivity index (χ3n) is 3.15. The van der Waals surface area contributed by atoms with Crippen LogP contribution >= 0.6 is 0 Å². The molecule has 25 heavy (non-hydrogen) atoms. The molecule has 0 saturated carbocycles. The Balaban J connectivity index is 1.62. The summed E-state index contributed by atoms with van der Waals surface area (Å²) >= 11 is 0. The van der Waals surface area contributed by atoms with Crippen LogP contribution in [0.2, 0.25) is 0 Å². The van der Waals surface area contributed by atoms with Gasteiger partial charge in [0.05, 0.1) is 26.0 Å². The van der Waals surface area contributed by atoms with E-state index in [9.17, 15) is 9.59 Å².